The minimum atomic E-state index is -0.311. The predicted octanol–water partition coefficient (Wildman–Crippen LogP) is 7.32. The molecule has 0 aromatic carbocycles. The molecule has 0 N–H and O–H groups in total. The number of carbonyl (C=O) groups is 1. The molecule has 9 atom stereocenters. The molecule has 0 aliphatic heterocycles. The normalized spacial score (nSPS) is 47.5. The van der Waals surface area contributed by atoms with Crippen LogP contribution >= 0.6 is 0 Å². The number of aromatic nitrogens is 2. The quantitative estimate of drug-likeness (QED) is 0.313. The fourth-order valence-electron chi connectivity index (χ4n) is 12.1. The van der Waals surface area contributed by atoms with E-state index in [1.165, 1.54) is 42.6 Å². The monoisotopic (exact) mass is 504 g/mol. The van der Waals surface area contributed by atoms with Gasteiger partial charge in [-0.1, -0.05) is 46.8 Å². The van der Waals surface area contributed by atoms with Crippen molar-refractivity contribution in [3.63, 3.8) is 0 Å². The zero-order valence-corrected chi connectivity index (χ0v) is 24.3. The molecule has 5 aliphatic rings. The fourth-order valence-corrected chi connectivity index (χ4v) is 12.1. The molecule has 4 heteroatoms. The van der Waals surface area contributed by atoms with Gasteiger partial charge in [-0.2, -0.15) is 0 Å². The van der Waals surface area contributed by atoms with Crippen molar-refractivity contribution in [1.29, 1.82) is 0 Å². The van der Waals surface area contributed by atoms with Crippen molar-refractivity contribution in [3.05, 3.63) is 35.9 Å². The molecule has 4 nitrogen and oxygen atoms in total. The largest absolute Gasteiger partial charge is 0.469 e. The molecule has 0 radical (unpaired) electrons. The van der Waals surface area contributed by atoms with E-state index in [4.69, 9.17) is 14.7 Å². The standard InChI is InChI=1S/C33H48N2O2/c1-20(2)21-11-14-33(28(36)37-8)16-15-31(6)22(26(21)33)9-10-25-30(5)19-23-27(35-18-17-34-23)29(3,4)24(30)12-13-32(25,31)7/h17-18,21-22,24-26H,1,9-16,19H2,2-8H3/t21-,22+,24-,25+,26+,30-,31+,32+,33-/m0/s1. The van der Waals surface area contributed by atoms with Crippen molar-refractivity contribution in [3.8, 4) is 0 Å². The molecular weight excluding hydrogens is 456 g/mol. The fraction of sp³-hybridized carbons (Fsp3) is 0.788. The molecule has 4 fully saturated rings. The van der Waals surface area contributed by atoms with E-state index in [9.17, 15) is 4.79 Å². The maximum absolute atomic E-state index is 13.4. The molecule has 0 saturated heterocycles. The Balaban J connectivity index is 1.43. The number of fused-ring (bicyclic) bond motifs is 8. The number of hydrogen-bond donors (Lipinski definition) is 0. The minimum absolute atomic E-state index is 0.0405. The Bertz CT molecular complexity index is 1140. The van der Waals surface area contributed by atoms with E-state index in [0.717, 1.165) is 32.1 Å². The van der Waals surface area contributed by atoms with Crippen molar-refractivity contribution in [2.45, 2.75) is 105 Å². The third-order valence-corrected chi connectivity index (χ3v) is 13.7. The van der Waals surface area contributed by atoms with Crippen molar-refractivity contribution in [2.24, 2.45) is 51.2 Å². The summed E-state index contributed by atoms with van der Waals surface area (Å²) in [6.45, 7) is 19.4. The summed E-state index contributed by atoms with van der Waals surface area (Å²) >= 11 is 0. The number of esters is 1. The van der Waals surface area contributed by atoms with Gasteiger partial charge in [0.1, 0.15) is 0 Å². The van der Waals surface area contributed by atoms with Gasteiger partial charge >= 0.3 is 5.97 Å². The Kier molecular flexibility index (Phi) is 5.47. The van der Waals surface area contributed by atoms with Crippen LogP contribution in [-0.2, 0) is 21.4 Å². The van der Waals surface area contributed by atoms with Gasteiger partial charge < -0.3 is 4.74 Å². The second-order valence-electron chi connectivity index (χ2n) is 15.1. The number of nitrogens with zero attached hydrogens (tertiary/aromatic N) is 2. The van der Waals surface area contributed by atoms with Crippen molar-refractivity contribution in [2.75, 3.05) is 7.11 Å². The molecule has 6 rings (SSSR count). The molecule has 0 spiro atoms. The summed E-state index contributed by atoms with van der Waals surface area (Å²) in [5.74, 6) is 2.69. The zero-order valence-electron chi connectivity index (χ0n) is 24.3. The molecule has 0 unspecified atom stereocenters. The number of allylic oxidation sites excluding steroid dienone is 1. The highest BCUT2D eigenvalue weighted by molar-refractivity contribution is 5.78. The molecule has 1 aromatic rings. The van der Waals surface area contributed by atoms with Gasteiger partial charge in [0.25, 0.3) is 0 Å². The second-order valence-corrected chi connectivity index (χ2v) is 15.1. The van der Waals surface area contributed by atoms with Crippen LogP contribution in [0.2, 0.25) is 0 Å². The Morgan fingerprint density at radius 3 is 2.35 bits per heavy atom. The van der Waals surface area contributed by atoms with E-state index in [-0.39, 0.29) is 33.0 Å². The van der Waals surface area contributed by atoms with E-state index in [0.29, 0.717) is 29.6 Å². The summed E-state index contributed by atoms with van der Waals surface area (Å²) in [6, 6.07) is 0. The van der Waals surface area contributed by atoms with E-state index >= 15 is 0 Å². The molecule has 0 bridgehead atoms. The van der Waals surface area contributed by atoms with Crippen LogP contribution in [0.15, 0.2) is 24.5 Å². The first kappa shape index (κ1) is 25.6. The molecule has 4 saturated carbocycles. The van der Waals surface area contributed by atoms with Gasteiger partial charge in [0.2, 0.25) is 0 Å². The van der Waals surface area contributed by atoms with Crippen LogP contribution in [0.3, 0.4) is 0 Å². The predicted molar refractivity (Wildman–Crippen MR) is 147 cm³/mol. The third kappa shape index (κ3) is 2.99. The van der Waals surface area contributed by atoms with Crippen molar-refractivity contribution >= 4 is 5.97 Å². The first-order valence-electron chi connectivity index (χ1n) is 14.9. The second kappa shape index (κ2) is 7.92. The first-order chi connectivity index (χ1) is 17.4. The smallest absolute Gasteiger partial charge is 0.312 e. The van der Waals surface area contributed by atoms with Crippen molar-refractivity contribution in [1.82, 2.24) is 9.97 Å². The van der Waals surface area contributed by atoms with Crippen LogP contribution in [0.5, 0.6) is 0 Å². The molecular formula is C33H48N2O2. The SMILES string of the molecule is C=C(C)[C@@H]1CC[C@]2(C(=O)OC)CC[C@]3(C)[C@H](CC[C@@H]4[C@@]5(C)Cc6nccnc6C(C)(C)[C@@H]5CC[C@]43C)[C@@H]12. The lowest BCUT2D eigenvalue weighted by atomic mass is 9.32. The van der Waals surface area contributed by atoms with Gasteiger partial charge in [-0.3, -0.25) is 14.8 Å². The van der Waals surface area contributed by atoms with Crippen LogP contribution in [0.25, 0.3) is 0 Å². The van der Waals surface area contributed by atoms with E-state index in [1.54, 1.807) is 7.11 Å². The Labute approximate surface area is 224 Å². The topological polar surface area (TPSA) is 52.1 Å². The van der Waals surface area contributed by atoms with Gasteiger partial charge in [-0.05, 0) is 111 Å². The van der Waals surface area contributed by atoms with E-state index < -0.39 is 0 Å². The van der Waals surface area contributed by atoms with Gasteiger partial charge in [-0.15, -0.1) is 0 Å². The van der Waals surface area contributed by atoms with Crippen molar-refractivity contribution < 1.29 is 9.53 Å². The average Bonchev–Trinajstić information content (AvgIpc) is 3.25. The summed E-state index contributed by atoms with van der Waals surface area (Å²) < 4.78 is 5.53. The lowest BCUT2D eigenvalue weighted by Crippen LogP contribution is -2.67. The number of ether oxygens (including phenoxy) is 1. The number of carbonyl (C=O) groups excluding carboxylic acids is 1. The van der Waals surface area contributed by atoms with Crippen LogP contribution in [0.1, 0.15) is 104 Å². The van der Waals surface area contributed by atoms with Gasteiger partial charge in [0.15, 0.2) is 0 Å². The summed E-state index contributed by atoms with van der Waals surface area (Å²) in [7, 11) is 1.60. The molecule has 0 amide bonds. The van der Waals surface area contributed by atoms with Crippen LogP contribution in [-0.4, -0.2) is 23.0 Å². The van der Waals surface area contributed by atoms with Gasteiger partial charge in [0.05, 0.1) is 23.9 Å². The van der Waals surface area contributed by atoms with Crippen LogP contribution < -0.4 is 0 Å². The molecule has 1 heterocycles. The van der Waals surface area contributed by atoms with E-state index in [1.807, 2.05) is 12.4 Å². The molecule has 1 aromatic heterocycles. The number of hydrogen-bond acceptors (Lipinski definition) is 4. The summed E-state index contributed by atoms with van der Waals surface area (Å²) in [5, 5.41) is 0. The lowest BCUT2D eigenvalue weighted by Gasteiger charge is -2.72. The third-order valence-electron chi connectivity index (χ3n) is 13.7. The number of methoxy groups -OCH3 is 1. The van der Waals surface area contributed by atoms with Crippen LogP contribution in [0.4, 0.5) is 0 Å². The molecule has 37 heavy (non-hydrogen) atoms. The number of rotatable bonds is 2. The summed E-state index contributed by atoms with van der Waals surface area (Å²) in [4.78, 5) is 23.2. The lowest BCUT2D eigenvalue weighted by molar-refractivity contribution is -0.228. The maximum atomic E-state index is 13.4. The average molecular weight is 505 g/mol. The highest BCUT2D eigenvalue weighted by atomic mass is 16.5. The minimum Gasteiger partial charge on any atom is -0.469 e. The van der Waals surface area contributed by atoms with Crippen LogP contribution in [0, 0.1) is 51.2 Å². The zero-order chi connectivity index (χ0) is 26.6. The summed E-state index contributed by atoms with van der Waals surface area (Å²) in [5.41, 5.74) is 4.15. The Morgan fingerprint density at radius 2 is 1.65 bits per heavy atom. The van der Waals surface area contributed by atoms with Gasteiger partial charge in [0, 0.05) is 17.8 Å². The highest BCUT2D eigenvalue weighted by Crippen LogP contribution is 2.77. The maximum Gasteiger partial charge on any atom is 0.312 e. The highest BCUT2D eigenvalue weighted by Gasteiger charge is 2.72. The molecule has 202 valence electrons. The Hall–Kier alpha value is -1.71. The molecule has 5 aliphatic carbocycles. The summed E-state index contributed by atoms with van der Waals surface area (Å²) in [6.07, 6.45) is 14.0. The van der Waals surface area contributed by atoms with Gasteiger partial charge in [-0.25, -0.2) is 0 Å². The first-order valence-corrected chi connectivity index (χ1v) is 14.9. The Morgan fingerprint density at radius 1 is 0.919 bits per heavy atom. The van der Waals surface area contributed by atoms with E-state index in [2.05, 4.69) is 48.1 Å².